The number of hydrogen-bond donors (Lipinski definition) is 1. The third-order valence-corrected chi connectivity index (χ3v) is 8.55. The Labute approximate surface area is 198 Å². The molecule has 2 aromatic carbocycles. The highest BCUT2D eigenvalue weighted by Gasteiger charge is 2.27. The minimum absolute atomic E-state index is 0.255. The lowest BCUT2D eigenvalue weighted by Gasteiger charge is -2.31. The van der Waals surface area contributed by atoms with E-state index >= 15 is 0 Å². The summed E-state index contributed by atoms with van der Waals surface area (Å²) >= 11 is 1.26. The van der Waals surface area contributed by atoms with Crippen molar-refractivity contribution in [1.82, 2.24) is 14.2 Å². The number of sulfonamides is 1. The lowest BCUT2D eigenvalue weighted by atomic mass is 10.0. The van der Waals surface area contributed by atoms with E-state index in [0.717, 1.165) is 5.56 Å². The Morgan fingerprint density at radius 1 is 1.09 bits per heavy atom. The number of hydrogen-bond acceptors (Lipinski definition) is 6. The van der Waals surface area contributed by atoms with Gasteiger partial charge < -0.3 is 4.90 Å². The molecule has 0 spiro atoms. The number of carbonyl (C=O) groups is 1. The number of amides is 1. The average Bonchev–Trinajstić information content (AvgIpc) is 3.19. The fourth-order valence-electron chi connectivity index (χ4n) is 3.61. The third kappa shape index (κ3) is 5.50. The van der Waals surface area contributed by atoms with Crippen LogP contribution in [0.1, 0.15) is 30.9 Å². The van der Waals surface area contributed by atoms with Gasteiger partial charge in [0.25, 0.3) is 0 Å². The molecule has 7 nitrogen and oxygen atoms in total. The molecule has 1 fully saturated rings. The number of likely N-dealkylation sites (N-methyl/N-ethyl adjacent to an activating group) is 1. The SMILES string of the molecule is CC(C)c1ccc(/C=C/C(=O)Nc2nc3ccc(S(=O)(=O)N4CCN(C)CC4)cc3s2)cc1. The molecular formula is C24H28N4O3S2. The Morgan fingerprint density at radius 2 is 1.79 bits per heavy atom. The van der Waals surface area contributed by atoms with Crippen molar-refractivity contribution in [3.63, 3.8) is 0 Å². The number of carbonyl (C=O) groups excluding carboxylic acids is 1. The third-order valence-electron chi connectivity index (χ3n) is 5.72. The molecule has 0 aliphatic carbocycles. The predicted molar refractivity (Wildman–Crippen MR) is 134 cm³/mol. The van der Waals surface area contributed by atoms with Gasteiger partial charge >= 0.3 is 0 Å². The van der Waals surface area contributed by atoms with E-state index in [-0.39, 0.29) is 10.8 Å². The zero-order valence-corrected chi connectivity index (χ0v) is 20.6. The standard InChI is InChI=1S/C24H28N4O3S2/c1-17(2)19-7-4-18(5-8-19)6-11-23(29)26-24-25-21-10-9-20(16-22(21)32-24)33(30,31)28-14-12-27(3)13-15-28/h4-11,16-17H,12-15H2,1-3H3,(H,25,26,29)/b11-6+. The first kappa shape index (κ1) is 23.6. The lowest BCUT2D eigenvalue weighted by Crippen LogP contribution is -2.46. The molecule has 0 saturated carbocycles. The molecule has 2 heterocycles. The number of nitrogens with zero attached hydrogens (tertiary/aromatic N) is 3. The van der Waals surface area contributed by atoms with Crippen molar-refractivity contribution >= 4 is 48.7 Å². The Hall–Kier alpha value is -2.59. The van der Waals surface area contributed by atoms with Gasteiger partial charge in [-0.1, -0.05) is 49.4 Å². The van der Waals surface area contributed by atoms with Crippen LogP contribution >= 0.6 is 11.3 Å². The van der Waals surface area contributed by atoms with Gasteiger partial charge in [-0.2, -0.15) is 4.31 Å². The zero-order chi connectivity index (χ0) is 23.6. The van der Waals surface area contributed by atoms with Gasteiger partial charge in [0.05, 0.1) is 15.1 Å². The Balaban J connectivity index is 1.45. The van der Waals surface area contributed by atoms with Crippen LogP contribution in [0.5, 0.6) is 0 Å². The molecule has 4 rings (SSSR count). The monoisotopic (exact) mass is 484 g/mol. The number of aromatic nitrogens is 1. The van der Waals surface area contributed by atoms with Crippen LogP contribution in [0, 0.1) is 0 Å². The second kappa shape index (κ2) is 9.72. The fraction of sp³-hybridized carbons (Fsp3) is 0.333. The molecule has 1 aliphatic heterocycles. The zero-order valence-electron chi connectivity index (χ0n) is 19.0. The predicted octanol–water partition coefficient (Wildman–Crippen LogP) is 4.01. The molecule has 9 heteroatoms. The number of fused-ring (bicyclic) bond motifs is 1. The van der Waals surface area contributed by atoms with E-state index in [0.29, 0.717) is 47.4 Å². The average molecular weight is 485 g/mol. The Bertz CT molecular complexity index is 1270. The summed E-state index contributed by atoms with van der Waals surface area (Å²) in [5.41, 5.74) is 2.85. The summed E-state index contributed by atoms with van der Waals surface area (Å²) in [5, 5.41) is 3.21. The van der Waals surface area contributed by atoms with Gasteiger partial charge in [0, 0.05) is 32.3 Å². The van der Waals surface area contributed by atoms with Gasteiger partial charge in [0.1, 0.15) is 0 Å². The number of piperazine rings is 1. The van der Waals surface area contributed by atoms with Crippen molar-refractivity contribution in [2.24, 2.45) is 0 Å². The van der Waals surface area contributed by atoms with Crippen LogP contribution in [0.3, 0.4) is 0 Å². The summed E-state index contributed by atoms with van der Waals surface area (Å²) in [6, 6.07) is 13.0. The van der Waals surface area contributed by atoms with Crippen LogP contribution in [0.15, 0.2) is 53.4 Å². The number of anilines is 1. The van der Waals surface area contributed by atoms with Crippen LogP contribution in [-0.4, -0.2) is 61.7 Å². The molecule has 3 aromatic rings. The maximum absolute atomic E-state index is 13.0. The molecule has 174 valence electrons. The highest BCUT2D eigenvalue weighted by molar-refractivity contribution is 7.89. The normalized spacial score (nSPS) is 16.1. The second-order valence-electron chi connectivity index (χ2n) is 8.50. The van der Waals surface area contributed by atoms with E-state index in [1.54, 1.807) is 24.3 Å². The van der Waals surface area contributed by atoms with Crippen molar-refractivity contribution in [2.75, 3.05) is 38.5 Å². The van der Waals surface area contributed by atoms with Crippen LogP contribution in [0.25, 0.3) is 16.3 Å². The van der Waals surface area contributed by atoms with E-state index in [1.165, 1.54) is 27.3 Å². The molecule has 0 radical (unpaired) electrons. The van der Waals surface area contributed by atoms with Gasteiger partial charge in [-0.3, -0.25) is 10.1 Å². The molecule has 0 unspecified atom stereocenters. The Morgan fingerprint density at radius 3 is 2.45 bits per heavy atom. The summed E-state index contributed by atoms with van der Waals surface area (Å²) in [6.07, 6.45) is 3.23. The first-order valence-corrected chi connectivity index (χ1v) is 13.2. The summed E-state index contributed by atoms with van der Waals surface area (Å²) < 4.78 is 28.3. The summed E-state index contributed by atoms with van der Waals surface area (Å²) in [7, 11) is -1.56. The molecule has 1 amide bonds. The van der Waals surface area contributed by atoms with E-state index in [4.69, 9.17) is 0 Å². The largest absolute Gasteiger partial charge is 0.304 e. The first-order chi connectivity index (χ1) is 15.7. The quantitative estimate of drug-likeness (QED) is 0.535. The molecular weight excluding hydrogens is 456 g/mol. The molecule has 1 aliphatic rings. The van der Waals surface area contributed by atoms with Gasteiger partial charge in [0.2, 0.25) is 15.9 Å². The van der Waals surface area contributed by atoms with E-state index in [1.807, 2.05) is 19.2 Å². The van der Waals surface area contributed by atoms with Gasteiger partial charge in [-0.25, -0.2) is 13.4 Å². The van der Waals surface area contributed by atoms with Gasteiger partial charge in [-0.05, 0) is 48.4 Å². The van der Waals surface area contributed by atoms with Crippen molar-refractivity contribution in [3.8, 4) is 0 Å². The lowest BCUT2D eigenvalue weighted by molar-refractivity contribution is -0.111. The van der Waals surface area contributed by atoms with E-state index in [2.05, 4.69) is 41.2 Å². The van der Waals surface area contributed by atoms with Crippen LogP contribution in [-0.2, 0) is 14.8 Å². The van der Waals surface area contributed by atoms with Crippen molar-refractivity contribution in [2.45, 2.75) is 24.7 Å². The summed E-state index contributed by atoms with van der Waals surface area (Å²) in [4.78, 5) is 19.2. The highest BCUT2D eigenvalue weighted by atomic mass is 32.2. The minimum atomic E-state index is -3.55. The topological polar surface area (TPSA) is 82.6 Å². The summed E-state index contributed by atoms with van der Waals surface area (Å²) in [5.74, 6) is 0.176. The van der Waals surface area contributed by atoms with Gasteiger partial charge in [0.15, 0.2) is 5.13 Å². The molecule has 1 aromatic heterocycles. The molecule has 0 bridgehead atoms. The maximum Gasteiger partial charge on any atom is 0.250 e. The van der Waals surface area contributed by atoms with Crippen LogP contribution in [0.4, 0.5) is 5.13 Å². The number of rotatable bonds is 6. The molecule has 1 saturated heterocycles. The van der Waals surface area contributed by atoms with Gasteiger partial charge in [-0.15, -0.1) is 0 Å². The first-order valence-electron chi connectivity index (χ1n) is 10.9. The number of nitrogens with one attached hydrogen (secondary N) is 1. The molecule has 1 N–H and O–H groups in total. The van der Waals surface area contributed by atoms with E-state index in [9.17, 15) is 13.2 Å². The van der Waals surface area contributed by atoms with Crippen molar-refractivity contribution in [1.29, 1.82) is 0 Å². The second-order valence-corrected chi connectivity index (χ2v) is 11.5. The van der Waals surface area contributed by atoms with Crippen molar-refractivity contribution in [3.05, 3.63) is 59.7 Å². The fourth-order valence-corrected chi connectivity index (χ4v) is 6.04. The molecule has 0 atom stereocenters. The molecule has 33 heavy (non-hydrogen) atoms. The smallest absolute Gasteiger partial charge is 0.250 e. The number of benzene rings is 2. The maximum atomic E-state index is 13.0. The number of thiazole rings is 1. The summed E-state index contributed by atoms with van der Waals surface area (Å²) in [6.45, 7) is 6.67. The van der Waals surface area contributed by atoms with Crippen LogP contribution < -0.4 is 5.32 Å². The van der Waals surface area contributed by atoms with Crippen molar-refractivity contribution < 1.29 is 13.2 Å². The van der Waals surface area contributed by atoms with E-state index < -0.39 is 10.0 Å². The Kier molecular flexibility index (Phi) is 6.94. The van der Waals surface area contributed by atoms with Crippen LogP contribution in [0.2, 0.25) is 0 Å². The minimum Gasteiger partial charge on any atom is -0.304 e. The highest BCUT2D eigenvalue weighted by Crippen LogP contribution is 2.29.